The molecule has 4 atom stereocenters. The van der Waals surface area contributed by atoms with E-state index in [2.05, 4.69) is 5.32 Å². The summed E-state index contributed by atoms with van der Waals surface area (Å²) in [6.45, 7) is 5.66. The Bertz CT molecular complexity index is 283. The Morgan fingerprint density at radius 2 is 1.94 bits per heavy atom. The lowest BCUT2D eigenvalue weighted by atomic mass is 9.70. The molecule has 18 heavy (non-hydrogen) atoms. The van der Waals surface area contributed by atoms with Crippen molar-refractivity contribution >= 4 is 5.91 Å². The first-order chi connectivity index (χ1) is 8.12. The number of carbonyl (C=O) groups is 1. The maximum atomic E-state index is 11.2. The summed E-state index contributed by atoms with van der Waals surface area (Å²) in [4.78, 5) is 11.2. The van der Waals surface area contributed by atoms with Crippen LogP contribution in [-0.2, 0) is 4.79 Å². The van der Waals surface area contributed by atoms with E-state index in [1.54, 1.807) is 13.8 Å². The predicted octanol–water partition coefficient (Wildman–Crippen LogP) is 0.0638. The highest BCUT2D eigenvalue weighted by Gasteiger charge is 2.48. The van der Waals surface area contributed by atoms with Gasteiger partial charge in [-0.05, 0) is 20.3 Å². The van der Waals surface area contributed by atoms with Gasteiger partial charge in [-0.25, -0.2) is 0 Å². The Morgan fingerprint density at radius 1 is 1.44 bits per heavy atom. The molecule has 0 aliphatic heterocycles. The van der Waals surface area contributed by atoms with Crippen molar-refractivity contribution in [1.29, 1.82) is 0 Å². The number of nitrogens with one attached hydrogen (secondary N) is 2. The zero-order valence-corrected chi connectivity index (χ0v) is 11.5. The van der Waals surface area contributed by atoms with Crippen LogP contribution in [0.15, 0.2) is 0 Å². The van der Waals surface area contributed by atoms with Crippen LogP contribution >= 0.6 is 0 Å². The molecule has 1 amide bonds. The van der Waals surface area contributed by atoms with Crippen molar-refractivity contribution in [3.05, 3.63) is 5.73 Å². The lowest BCUT2D eigenvalue weighted by Crippen LogP contribution is -2.65. The fourth-order valence-corrected chi connectivity index (χ4v) is 2.12. The average molecular weight is 261 g/mol. The summed E-state index contributed by atoms with van der Waals surface area (Å²) in [5.41, 5.74) is 4.83. The molecule has 4 unspecified atom stereocenters. The van der Waals surface area contributed by atoms with Gasteiger partial charge >= 0.3 is 0 Å². The third-order valence-corrected chi connectivity index (χ3v) is 3.84. The summed E-state index contributed by atoms with van der Waals surface area (Å²) < 4.78 is 0. The number of hydrogen-bond donors (Lipinski definition) is 4. The third-order valence-electron chi connectivity index (χ3n) is 3.84. The smallest absolute Gasteiger partial charge is 0.217 e. The molecule has 0 saturated carbocycles. The van der Waals surface area contributed by atoms with Crippen LogP contribution < -0.4 is 5.32 Å². The van der Waals surface area contributed by atoms with E-state index in [0.717, 1.165) is 0 Å². The minimum absolute atomic E-state index is 0.0366. The molecule has 108 valence electrons. The molecule has 0 fully saturated rings. The van der Waals surface area contributed by atoms with Gasteiger partial charge in [0.25, 0.3) is 0 Å². The van der Waals surface area contributed by atoms with Crippen molar-refractivity contribution in [1.82, 2.24) is 5.32 Å². The first-order valence-electron chi connectivity index (χ1n) is 6.07. The molecule has 6 heteroatoms. The molecule has 0 bridgehead atoms. The summed E-state index contributed by atoms with van der Waals surface area (Å²) in [5, 5.41) is 31.9. The number of aliphatic hydroxyl groups excluding tert-OH is 2. The lowest BCUT2D eigenvalue weighted by Gasteiger charge is -2.48. The van der Waals surface area contributed by atoms with Crippen molar-refractivity contribution in [3.8, 4) is 0 Å². The van der Waals surface area contributed by atoms with E-state index in [-0.39, 0.29) is 18.9 Å². The van der Waals surface area contributed by atoms with Crippen molar-refractivity contribution in [3.63, 3.8) is 0 Å². The van der Waals surface area contributed by atoms with Crippen LogP contribution in [0, 0.1) is 5.92 Å². The molecule has 5 N–H and O–H groups in total. The predicted molar refractivity (Wildman–Crippen MR) is 68.9 cm³/mol. The highest BCUT2D eigenvalue weighted by Crippen LogP contribution is 2.34. The van der Waals surface area contributed by atoms with Crippen LogP contribution in [-0.4, -0.2) is 51.6 Å². The average Bonchev–Trinajstić information content (AvgIpc) is 2.25. The zero-order valence-electron chi connectivity index (χ0n) is 11.5. The van der Waals surface area contributed by atoms with Crippen LogP contribution in [0.3, 0.4) is 0 Å². The Hall–Kier alpha value is -0.690. The van der Waals surface area contributed by atoms with Gasteiger partial charge in [-0.3, -0.25) is 4.79 Å². The van der Waals surface area contributed by atoms with Crippen molar-refractivity contribution in [2.75, 3.05) is 13.2 Å². The minimum Gasteiger partial charge on any atom is -0.677 e. The third kappa shape index (κ3) is 3.65. The van der Waals surface area contributed by atoms with Crippen molar-refractivity contribution in [2.24, 2.45) is 5.92 Å². The molecule has 0 spiro atoms. The molecule has 0 saturated heterocycles. The molecular weight excluding hydrogens is 236 g/mol. The summed E-state index contributed by atoms with van der Waals surface area (Å²) in [5.74, 6) is -0.956. The van der Waals surface area contributed by atoms with Crippen molar-refractivity contribution in [2.45, 2.75) is 51.4 Å². The van der Waals surface area contributed by atoms with Gasteiger partial charge in [-0.1, -0.05) is 6.92 Å². The highest BCUT2D eigenvalue weighted by atomic mass is 16.3. The largest absolute Gasteiger partial charge is 0.677 e. The van der Waals surface area contributed by atoms with Gasteiger partial charge in [-0.15, -0.1) is 6.54 Å². The van der Waals surface area contributed by atoms with Crippen LogP contribution in [0.1, 0.15) is 34.1 Å². The Kier molecular flexibility index (Phi) is 6.22. The van der Waals surface area contributed by atoms with E-state index >= 15 is 0 Å². The van der Waals surface area contributed by atoms with Crippen LogP contribution in [0.4, 0.5) is 0 Å². The van der Waals surface area contributed by atoms with Crippen molar-refractivity contribution < 1.29 is 20.1 Å². The van der Waals surface area contributed by atoms with Gasteiger partial charge < -0.3 is 26.4 Å². The summed E-state index contributed by atoms with van der Waals surface area (Å²) in [7, 11) is 0. The van der Waals surface area contributed by atoms with E-state index in [1.165, 1.54) is 13.8 Å². The molecule has 0 aromatic carbocycles. The van der Waals surface area contributed by atoms with E-state index < -0.39 is 29.8 Å². The number of carbonyl (C=O) groups excluding carboxylic acids is 1. The van der Waals surface area contributed by atoms with E-state index in [9.17, 15) is 15.0 Å². The van der Waals surface area contributed by atoms with Gasteiger partial charge in [0.05, 0.1) is 23.9 Å². The maximum Gasteiger partial charge on any atom is 0.217 e. The second-order valence-electron chi connectivity index (χ2n) is 5.20. The summed E-state index contributed by atoms with van der Waals surface area (Å²) in [6.07, 6.45) is -0.832. The Labute approximate surface area is 108 Å². The van der Waals surface area contributed by atoms with Crippen LogP contribution in [0.25, 0.3) is 5.73 Å². The summed E-state index contributed by atoms with van der Waals surface area (Å²) >= 11 is 0. The first-order valence-corrected chi connectivity index (χ1v) is 6.07. The first kappa shape index (κ1) is 17.3. The minimum atomic E-state index is -1.44. The standard InChI is InChI=1S/C12H25N2O4/c1-8(10(17)7-15)12(4,18)11(3,5-6-13)14-9(2)16/h8,10,13,15,17-18H,5-7H2,1-4H3,(H,14,16)/q-1. The van der Waals surface area contributed by atoms with Gasteiger partial charge in [0.2, 0.25) is 5.91 Å². The zero-order chi connectivity index (χ0) is 14.6. The van der Waals surface area contributed by atoms with Crippen LogP contribution in [0.2, 0.25) is 0 Å². The second kappa shape index (κ2) is 6.47. The molecule has 6 nitrogen and oxygen atoms in total. The quantitative estimate of drug-likeness (QED) is 0.519. The van der Waals surface area contributed by atoms with E-state index in [1.807, 2.05) is 0 Å². The molecule has 0 heterocycles. The number of aliphatic hydroxyl groups is 3. The molecule has 0 aliphatic rings. The molecule has 0 aromatic heterocycles. The Balaban J connectivity index is 5.24. The lowest BCUT2D eigenvalue weighted by molar-refractivity contribution is -0.137. The Morgan fingerprint density at radius 3 is 2.28 bits per heavy atom. The fourth-order valence-electron chi connectivity index (χ4n) is 2.12. The molecular formula is C12H25N2O4-. The fraction of sp³-hybridized carbons (Fsp3) is 0.917. The maximum absolute atomic E-state index is 11.2. The highest BCUT2D eigenvalue weighted by molar-refractivity contribution is 5.74. The topological polar surface area (TPSA) is 114 Å². The van der Waals surface area contributed by atoms with Crippen LogP contribution in [0.5, 0.6) is 0 Å². The summed E-state index contributed by atoms with van der Waals surface area (Å²) in [6, 6.07) is 0. The molecule has 0 rings (SSSR count). The SMILES string of the molecule is CC(=O)NC(C)(CC[NH-])C(C)(O)C(C)C(O)CO. The number of rotatable bonds is 7. The number of amides is 1. The van der Waals surface area contributed by atoms with Gasteiger partial charge in [0.15, 0.2) is 0 Å². The van der Waals surface area contributed by atoms with Gasteiger partial charge in [0, 0.05) is 12.8 Å². The second-order valence-corrected chi connectivity index (χ2v) is 5.20. The monoisotopic (exact) mass is 261 g/mol. The molecule has 0 radical (unpaired) electrons. The van der Waals surface area contributed by atoms with Gasteiger partial charge in [-0.2, -0.15) is 0 Å². The van der Waals surface area contributed by atoms with Gasteiger partial charge in [0.1, 0.15) is 0 Å². The molecule has 0 aromatic rings. The van der Waals surface area contributed by atoms with E-state index in [0.29, 0.717) is 0 Å². The molecule has 0 aliphatic carbocycles. The normalized spacial score (nSPS) is 21.6. The van der Waals surface area contributed by atoms with E-state index in [4.69, 9.17) is 10.8 Å². The number of hydrogen-bond acceptors (Lipinski definition) is 4.